The fraction of sp³-hybridized carbons (Fsp3) is 0.470. The molecule has 0 fully saturated rings. The van der Waals surface area contributed by atoms with Crippen molar-refractivity contribution in [3.63, 3.8) is 0 Å². The van der Waals surface area contributed by atoms with Crippen LogP contribution in [0.15, 0.2) is 139 Å². The van der Waals surface area contributed by atoms with Crippen LogP contribution in [0.25, 0.3) is 10.8 Å². The van der Waals surface area contributed by atoms with Crippen LogP contribution in [0.3, 0.4) is 0 Å². The highest BCUT2D eigenvalue weighted by Gasteiger charge is 2.31. The second-order valence-electron chi connectivity index (χ2n) is 22.7. The van der Waals surface area contributed by atoms with Crippen LogP contribution in [0.5, 0.6) is 5.75 Å². The van der Waals surface area contributed by atoms with E-state index in [9.17, 15) is 29.1 Å². The Labute approximate surface area is 514 Å². The van der Waals surface area contributed by atoms with E-state index >= 15 is 4.79 Å². The van der Waals surface area contributed by atoms with Gasteiger partial charge in [0.15, 0.2) is 5.96 Å². The van der Waals surface area contributed by atoms with E-state index in [-0.39, 0.29) is 68.9 Å². The van der Waals surface area contributed by atoms with Gasteiger partial charge in [0.2, 0.25) is 29.5 Å². The number of nitrogens with two attached hydrogens (primary N) is 3. The van der Waals surface area contributed by atoms with E-state index in [2.05, 4.69) is 106 Å². The molecule has 0 radical (unpaired) electrons. The second-order valence-corrected chi connectivity index (χ2v) is 22.7. The molecule has 474 valence electrons. The fourth-order valence-corrected chi connectivity index (χ4v) is 9.83. The zero-order valence-corrected chi connectivity index (χ0v) is 51.7. The number of carbonyl (C=O) groups excluding carboxylic acids is 6. The minimum atomic E-state index is -1.06. The van der Waals surface area contributed by atoms with Gasteiger partial charge in [-0.2, -0.15) is 0 Å². The maximum atomic E-state index is 15.0. The molecule has 0 saturated heterocycles. The standard InChI is InChI=1S/C66H98N14O7/c1-43(2)71-34-16-14-24-55(78-65(87)60(40-49-29-32-53(82)33-30-49)80-64(86)59(70-8)39-48-20-10-9-11-21-48)47(7)76-57(26-18-36-73-66(68)69)63(85)79-58(41-50-28-31-51-22-12-13-23-52(51)38-50)45(5)74-42-61(83)77-54(27-19-37-81)46(6)75-56(62(67)84)25-15-17-35-72-44(3)4/h9-13,20-23,28-33,37-38,43-44,54-60,70-72,74-76,82H,5-7,14-19,24-27,34-36,39-42H2,1-4,8H3,(H2,67,84)(H,77,83)(H,78,87)(H,79,85)(H,80,86)(H4,68,69,73)/t54-,55+,56+,57-,58+,59+,60+/m1/s1. The number of phenolic OH excluding ortho intramolecular Hbond substituents is 1. The summed E-state index contributed by atoms with van der Waals surface area (Å²) in [5, 5.41) is 43.9. The number of benzene rings is 4. The Balaban J connectivity index is 1.63. The number of primary amides is 1. The highest BCUT2D eigenvalue weighted by atomic mass is 16.3. The van der Waals surface area contributed by atoms with Gasteiger partial charge >= 0.3 is 0 Å². The normalized spacial score (nSPS) is 13.6. The van der Waals surface area contributed by atoms with Crippen LogP contribution in [0.2, 0.25) is 0 Å². The molecule has 4 aromatic rings. The Bertz CT molecular complexity index is 2860. The van der Waals surface area contributed by atoms with Crippen molar-refractivity contribution in [2.45, 2.75) is 166 Å². The minimum absolute atomic E-state index is 0.0544. The lowest BCUT2D eigenvalue weighted by molar-refractivity contribution is -0.130. The van der Waals surface area contributed by atoms with Crippen LogP contribution in [0, 0.1) is 0 Å². The van der Waals surface area contributed by atoms with E-state index in [0.717, 1.165) is 54.1 Å². The third-order valence-electron chi connectivity index (χ3n) is 14.8. The monoisotopic (exact) mass is 1200 g/mol. The zero-order chi connectivity index (χ0) is 63.7. The molecule has 0 heterocycles. The van der Waals surface area contributed by atoms with Gasteiger partial charge in [0.25, 0.3) is 0 Å². The number of likely N-dealkylation sites (N-methyl/N-ethyl adjacent to an activating group) is 1. The summed E-state index contributed by atoms with van der Waals surface area (Å²) >= 11 is 0. The predicted octanol–water partition coefficient (Wildman–Crippen LogP) is 4.00. The van der Waals surface area contributed by atoms with Crippen LogP contribution < -0.4 is 70.4 Å². The van der Waals surface area contributed by atoms with Gasteiger partial charge in [-0.05, 0) is 130 Å². The van der Waals surface area contributed by atoms with Gasteiger partial charge < -0.3 is 80.3 Å². The summed E-state index contributed by atoms with van der Waals surface area (Å²) in [6.45, 7) is 22.6. The predicted molar refractivity (Wildman–Crippen MR) is 348 cm³/mol. The number of aldehydes is 1. The van der Waals surface area contributed by atoms with E-state index in [1.54, 1.807) is 19.2 Å². The van der Waals surface area contributed by atoms with E-state index in [1.165, 1.54) is 12.1 Å². The van der Waals surface area contributed by atoms with Crippen LogP contribution >= 0.6 is 0 Å². The fourth-order valence-electron chi connectivity index (χ4n) is 9.83. The smallest absolute Gasteiger partial charge is 0.243 e. The Morgan fingerprint density at radius 2 is 1.03 bits per heavy atom. The van der Waals surface area contributed by atoms with Crippen LogP contribution in [0.1, 0.15) is 109 Å². The number of hydrogen-bond donors (Lipinski definition) is 14. The number of nitrogens with zero attached hydrogens (tertiary/aromatic N) is 1. The van der Waals surface area contributed by atoms with Gasteiger partial charge in [-0.1, -0.05) is 132 Å². The molecule has 0 bridgehead atoms. The Hall–Kier alpha value is -8.27. The van der Waals surface area contributed by atoms with Crippen molar-refractivity contribution in [2.24, 2.45) is 22.2 Å². The first-order valence-electron chi connectivity index (χ1n) is 30.4. The number of carbonyl (C=O) groups is 6. The van der Waals surface area contributed by atoms with Crippen molar-refractivity contribution in [2.75, 3.05) is 33.2 Å². The molecule has 0 aromatic heterocycles. The molecule has 4 rings (SSSR count). The Kier molecular flexibility index (Phi) is 31.7. The summed E-state index contributed by atoms with van der Waals surface area (Å²) < 4.78 is 0. The highest BCUT2D eigenvalue weighted by molar-refractivity contribution is 5.91. The van der Waals surface area contributed by atoms with Gasteiger partial charge in [-0.3, -0.25) is 29.0 Å². The quantitative estimate of drug-likeness (QED) is 0.0129. The molecule has 21 heteroatoms. The summed E-state index contributed by atoms with van der Waals surface area (Å²) in [4.78, 5) is 86.0. The Morgan fingerprint density at radius 1 is 0.529 bits per heavy atom. The molecule has 0 spiro atoms. The first-order valence-corrected chi connectivity index (χ1v) is 30.4. The first-order chi connectivity index (χ1) is 41.6. The number of fused-ring (bicyclic) bond motifs is 1. The number of guanidine groups is 1. The molecular formula is C66H98N14O7. The highest BCUT2D eigenvalue weighted by Crippen LogP contribution is 2.20. The van der Waals surface area contributed by atoms with Gasteiger partial charge in [-0.15, -0.1) is 0 Å². The van der Waals surface area contributed by atoms with Crippen molar-refractivity contribution in [3.05, 3.63) is 151 Å². The van der Waals surface area contributed by atoms with Crippen molar-refractivity contribution in [3.8, 4) is 5.75 Å². The number of aliphatic imine (C=N–C) groups is 1. The number of amides is 5. The molecule has 0 aliphatic carbocycles. The molecule has 0 aliphatic rings. The summed E-state index contributed by atoms with van der Waals surface area (Å²) in [5.41, 5.74) is 20.7. The first kappa shape index (κ1) is 71.2. The molecule has 4 aromatic carbocycles. The SMILES string of the molecule is C=C(N[C@H](CCCN=C(N)N)C(=O)N[C@@H](Cc1ccc2ccccc2c1)C(=C)NCC(=O)N[C@H](CCC=O)C(=C)N[C@@H](CCCCNC(C)C)C(N)=O)[C@H](CCCCNC(C)C)NC(=O)[C@H](Cc1ccc(O)cc1)NC(=O)[C@H](Cc1ccccc1)NC. The number of phenols is 1. The molecule has 21 nitrogen and oxygen atoms in total. The van der Waals surface area contributed by atoms with Gasteiger partial charge in [0, 0.05) is 48.6 Å². The maximum absolute atomic E-state index is 15.0. The lowest BCUT2D eigenvalue weighted by atomic mass is 9.99. The number of unbranched alkanes of at least 4 members (excludes halogenated alkanes) is 2. The number of aromatic hydroxyl groups is 1. The third kappa shape index (κ3) is 27.3. The average Bonchev–Trinajstić information content (AvgIpc) is 2.78. The average molecular weight is 1200 g/mol. The second kappa shape index (κ2) is 38.7. The molecule has 87 heavy (non-hydrogen) atoms. The van der Waals surface area contributed by atoms with E-state index in [1.807, 2.05) is 72.8 Å². The van der Waals surface area contributed by atoms with Gasteiger partial charge in [-0.25, -0.2) is 0 Å². The largest absolute Gasteiger partial charge is 0.508 e. The lowest BCUT2D eigenvalue weighted by Crippen LogP contribution is -2.56. The molecular weight excluding hydrogens is 1100 g/mol. The Morgan fingerprint density at radius 3 is 1.64 bits per heavy atom. The summed E-state index contributed by atoms with van der Waals surface area (Å²) in [6.07, 6.45) is 6.17. The van der Waals surface area contributed by atoms with Crippen molar-refractivity contribution >= 4 is 52.6 Å². The van der Waals surface area contributed by atoms with Crippen molar-refractivity contribution < 1.29 is 33.9 Å². The van der Waals surface area contributed by atoms with Crippen LogP contribution in [-0.4, -0.2) is 134 Å². The number of rotatable bonds is 44. The molecule has 5 amide bonds. The number of hydrogen-bond acceptors (Lipinski definition) is 14. The molecule has 0 aliphatic heterocycles. The summed E-state index contributed by atoms with van der Waals surface area (Å²) in [6, 6.07) is 24.8. The zero-order valence-electron chi connectivity index (χ0n) is 51.7. The molecule has 7 atom stereocenters. The van der Waals surface area contributed by atoms with Gasteiger partial charge in [0.1, 0.15) is 30.2 Å². The van der Waals surface area contributed by atoms with Crippen molar-refractivity contribution in [1.82, 2.24) is 53.2 Å². The van der Waals surface area contributed by atoms with Crippen LogP contribution in [0.4, 0.5) is 0 Å². The molecule has 0 saturated carbocycles. The van der Waals surface area contributed by atoms with E-state index in [0.29, 0.717) is 67.2 Å². The third-order valence-corrected chi connectivity index (χ3v) is 14.8. The van der Waals surface area contributed by atoms with E-state index < -0.39 is 65.9 Å². The summed E-state index contributed by atoms with van der Waals surface area (Å²) in [5.74, 6) is -2.40. The maximum Gasteiger partial charge on any atom is 0.243 e. The topological polar surface area (TPSA) is 333 Å². The number of nitrogens with one attached hydrogen (secondary N) is 10. The van der Waals surface area contributed by atoms with Crippen LogP contribution in [-0.2, 0) is 48.0 Å². The van der Waals surface area contributed by atoms with Crippen molar-refractivity contribution in [1.29, 1.82) is 0 Å². The lowest BCUT2D eigenvalue weighted by Gasteiger charge is -2.30. The molecule has 0 unspecified atom stereocenters. The molecule has 17 N–H and O–H groups in total. The van der Waals surface area contributed by atoms with E-state index in [4.69, 9.17) is 17.2 Å². The minimum Gasteiger partial charge on any atom is -0.508 e. The summed E-state index contributed by atoms with van der Waals surface area (Å²) in [7, 11) is 1.69. The van der Waals surface area contributed by atoms with Gasteiger partial charge in [0.05, 0.1) is 30.7 Å².